The average molecular weight is 395 g/mol. The smallest absolute Gasteiger partial charge is 0.311 e. The predicted molar refractivity (Wildman–Crippen MR) is 111 cm³/mol. The number of hydrogen-bond acceptors (Lipinski definition) is 4. The molecule has 4 fully saturated rings. The molecule has 1 unspecified atom stereocenters. The van der Waals surface area contributed by atoms with Gasteiger partial charge in [0.2, 0.25) is 0 Å². The van der Waals surface area contributed by atoms with Crippen LogP contribution in [-0.2, 0) is 20.7 Å². The van der Waals surface area contributed by atoms with E-state index in [-0.39, 0.29) is 23.6 Å². The van der Waals surface area contributed by atoms with Gasteiger partial charge in [0.15, 0.2) is 11.9 Å². The number of rotatable bonds is 5. The molecular weight excluding hydrogens is 364 g/mol. The van der Waals surface area contributed by atoms with Gasteiger partial charge in [-0.15, -0.1) is 0 Å². The third-order valence-corrected chi connectivity index (χ3v) is 7.84. The van der Waals surface area contributed by atoms with Gasteiger partial charge in [-0.05, 0) is 100 Å². The van der Waals surface area contributed by atoms with Crippen LogP contribution in [0.2, 0.25) is 0 Å². The topological polar surface area (TPSA) is 56.5 Å². The second-order valence-electron chi connectivity index (χ2n) is 10.1. The molecule has 154 valence electrons. The number of ketones is 1. The minimum absolute atomic E-state index is 0.133. The van der Waals surface area contributed by atoms with Crippen molar-refractivity contribution < 1.29 is 18.7 Å². The maximum atomic E-state index is 13.3. The van der Waals surface area contributed by atoms with Crippen LogP contribution in [0.5, 0.6) is 0 Å². The van der Waals surface area contributed by atoms with E-state index in [0.29, 0.717) is 17.8 Å². The molecule has 4 heteroatoms. The van der Waals surface area contributed by atoms with Crippen LogP contribution in [0.25, 0.3) is 11.0 Å². The summed E-state index contributed by atoms with van der Waals surface area (Å²) in [6.45, 7) is 5.86. The Morgan fingerprint density at radius 2 is 1.66 bits per heavy atom. The molecule has 0 radical (unpaired) electrons. The fourth-order valence-electron chi connectivity index (χ4n) is 6.76. The lowest BCUT2D eigenvalue weighted by Crippen LogP contribution is -2.52. The molecule has 1 aromatic carbocycles. The molecule has 4 nitrogen and oxygen atoms in total. The van der Waals surface area contributed by atoms with Crippen molar-refractivity contribution in [2.24, 2.45) is 23.2 Å². The van der Waals surface area contributed by atoms with Crippen molar-refractivity contribution in [3.05, 3.63) is 35.1 Å². The lowest BCUT2D eigenvalue weighted by Gasteiger charge is -2.56. The van der Waals surface area contributed by atoms with Gasteiger partial charge in [0, 0.05) is 16.4 Å². The fourth-order valence-corrected chi connectivity index (χ4v) is 6.76. The number of carbonyl (C=O) groups excluding carboxylic acids is 2. The van der Waals surface area contributed by atoms with Gasteiger partial charge in [-0.2, -0.15) is 0 Å². The van der Waals surface area contributed by atoms with Gasteiger partial charge in [-0.3, -0.25) is 9.59 Å². The summed E-state index contributed by atoms with van der Waals surface area (Å²) in [7, 11) is 0. The van der Waals surface area contributed by atoms with Crippen molar-refractivity contribution in [1.82, 2.24) is 0 Å². The van der Waals surface area contributed by atoms with Crippen LogP contribution in [0.4, 0.5) is 0 Å². The van der Waals surface area contributed by atoms with Gasteiger partial charge in [0.25, 0.3) is 0 Å². The molecule has 0 spiro atoms. The first-order valence-electron chi connectivity index (χ1n) is 11.0. The first-order valence-corrected chi connectivity index (χ1v) is 11.0. The van der Waals surface area contributed by atoms with Crippen molar-refractivity contribution in [1.29, 1.82) is 0 Å². The van der Waals surface area contributed by atoms with Crippen molar-refractivity contribution in [2.75, 3.05) is 0 Å². The summed E-state index contributed by atoms with van der Waals surface area (Å²) in [5.74, 6) is 1.93. The average Bonchev–Trinajstić information content (AvgIpc) is 3.01. The number of carbonyl (C=O) groups is 2. The number of aryl methyl sites for hydroxylation is 2. The molecule has 4 bridgehead atoms. The minimum Gasteiger partial charge on any atom is -0.464 e. The predicted octanol–water partition coefficient (Wildman–Crippen LogP) is 5.31. The van der Waals surface area contributed by atoms with E-state index in [1.165, 1.54) is 24.8 Å². The number of Topliss-reactive ketones (excluding diaryl/α,β-unsaturated/α-hetero) is 1. The Morgan fingerprint density at radius 3 is 2.28 bits per heavy atom. The number of ether oxygens (including phenoxy) is 1. The maximum Gasteiger partial charge on any atom is 0.311 e. The molecule has 1 atom stereocenters. The lowest BCUT2D eigenvalue weighted by atomic mass is 9.48. The summed E-state index contributed by atoms with van der Waals surface area (Å²) in [6.07, 6.45) is 8.01. The van der Waals surface area contributed by atoms with E-state index in [9.17, 15) is 9.59 Å². The van der Waals surface area contributed by atoms with Crippen LogP contribution in [0.1, 0.15) is 62.1 Å². The Balaban J connectivity index is 1.28. The van der Waals surface area contributed by atoms with Crippen LogP contribution in [-0.4, -0.2) is 17.9 Å². The molecule has 0 aliphatic heterocycles. The Morgan fingerprint density at radius 1 is 1.07 bits per heavy atom. The van der Waals surface area contributed by atoms with E-state index in [0.717, 1.165) is 41.4 Å². The quantitative estimate of drug-likeness (QED) is 0.645. The summed E-state index contributed by atoms with van der Waals surface area (Å²) in [5.41, 5.74) is 3.71. The summed E-state index contributed by atoms with van der Waals surface area (Å²) >= 11 is 0. The van der Waals surface area contributed by atoms with Gasteiger partial charge in [-0.1, -0.05) is 0 Å². The zero-order valence-electron chi connectivity index (χ0n) is 17.6. The number of benzene rings is 1. The highest BCUT2D eigenvalue weighted by Gasteiger charge is 2.55. The second kappa shape index (κ2) is 6.72. The first kappa shape index (κ1) is 18.9. The summed E-state index contributed by atoms with van der Waals surface area (Å²) in [5, 5.41) is 0.949. The highest BCUT2D eigenvalue weighted by atomic mass is 16.5. The zero-order chi connectivity index (χ0) is 20.3. The molecule has 0 amide bonds. The van der Waals surface area contributed by atoms with Crippen LogP contribution >= 0.6 is 0 Å². The Hall–Kier alpha value is -2.10. The molecule has 4 aliphatic carbocycles. The van der Waals surface area contributed by atoms with Crippen molar-refractivity contribution in [3.8, 4) is 0 Å². The minimum atomic E-state index is -0.666. The summed E-state index contributed by atoms with van der Waals surface area (Å²) in [6, 6.07) is 4.06. The third-order valence-electron chi connectivity index (χ3n) is 7.84. The highest BCUT2D eigenvalue weighted by molar-refractivity contribution is 5.92. The largest absolute Gasteiger partial charge is 0.464 e. The van der Waals surface area contributed by atoms with Crippen molar-refractivity contribution >= 4 is 22.7 Å². The van der Waals surface area contributed by atoms with Gasteiger partial charge >= 0.3 is 5.97 Å². The van der Waals surface area contributed by atoms with E-state index < -0.39 is 6.10 Å². The Kier molecular flexibility index (Phi) is 4.38. The van der Waals surface area contributed by atoms with E-state index in [1.54, 1.807) is 13.2 Å². The van der Waals surface area contributed by atoms with Crippen molar-refractivity contribution in [3.63, 3.8) is 0 Å². The summed E-state index contributed by atoms with van der Waals surface area (Å²) in [4.78, 5) is 26.0. The van der Waals surface area contributed by atoms with Gasteiger partial charge < -0.3 is 9.15 Å². The molecule has 4 aliphatic rings. The Bertz CT molecular complexity index is 947. The summed E-state index contributed by atoms with van der Waals surface area (Å²) < 4.78 is 11.3. The van der Waals surface area contributed by atoms with Gasteiger partial charge in [-0.25, -0.2) is 0 Å². The van der Waals surface area contributed by atoms with Crippen LogP contribution < -0.4 is 0 Å². The standard InChI is InChI=1S/C25H30O4/c1-14-4-21-20(13-28-22(21)5-15(14)2)9-23(26)29-16(3)24(27)25-10-17-6-18(11-25)8-19(7-17)12-25/h4-5,13,16-19H,6-12H2,1-3H3. The van der Waals surface area contributed by atoms with Crippen LogP contribution in [0, 0.1) is 37.0 Å². The Labute approximate surface area is 172 Å². The van der Waals surface area contributed by atoms with E-state index in [2.05, 4.69) is 13.0 Å². The molecule has 4 saturated carbocycles. The van der Waals surface area contributed by atoms with Gasteiger partial charge in [0.1, 0.15) is 5.58 Å². The van der Waals surface area contributed by atoms with Gasteiger partial charge in [0.05, 0.1) is 12.7 Å². The van der Waals surface area contributed by atoms with E-state index in [1.807, 2.05) is 13.0 Å². The molecule has 2 aromatic rings. The lowest BCUT2D eigenvalue weighted by molar-refractivity contribution is -0.164. The monoisotopic (exact) mass is 394 g/mol. The van der Waals surface area contributed by atoms with Crippen LogP contribution in [0.15, 0.2) is 22.8 Å². The maximum absolute atomic E-state index is 13.3. The molecule has 1 aromatic heterocycles. The number of fused-ring (bicyclic) bond motifs is 1. The number of hydrogen-bond donors (Lipinski definition) is 0. The fraction of sp³-hybridized carbons (Fsp3) is 0.600. The highest BCUT2D eigenvalue weighted by Crippen LogP contribution is 2.60. The van der Waals surface area contributed by atoms with Crippen molar-refractivity contribution in [2.45, 2.75) is 71.8 Å². The SMILES string of the molecule is Cc1cc2occ(CC(=O)OC(C)C(=O)C34CC5CC(CC(C5)C3)C4)c2cc1C. The molecule has 1 heterocycles. The number of esters is 1. The normalized spacial score (nSPS) is 31.2. The molecule has 0 N–H and O–H groups in total. The first-order chi connectivity index (χ1) is 13.8. The third kappa shape index (κ3) is 3.21. The molecule has 6 rings (SSSR count). The molecular formula is C25H30O4. The van der Waals surface area contributed by atoms with E-state index in [4.69, 9.17) is 9.15 Å². The molecule has 29 heavy (non-hydrogen) atoms. The molecule has 0 saturated heterocycles. The van der Waals surface area contributed by atoms with E-state index >= 15 is 0 Å². The second-order valence-corrected chi connectivity index (χ2v) is 10.1. The van der Waals surface area contributed by atoms with Crippen LogP contribution in [0.3, 0.4) is 0 Å². The zero-order valence-corrected chi connectivity index (χ0v) is 17.6. The number of furan rings is 1.